The van der Waals surface area contributed by atoms with Gasteiger partial charge in [-0.3, -0.25) is 9.59 Å². The van der Waals surface area contributed by atoms with Gasteiger partial charge in [0, 0.05) is 12.7 Å². The highest BCUT2D eigenvalue weighted by atomic mass is 32.2. The summed E-state index contributed by atoms with van der Waals surface area (Å²) in [6.07, 6.45) is 0. The standard InChI is InChI=1S/C20H23FN2O4S/c1-23(11-12-27-18-9-7-17(26-2)8-10-18)20(25)14-28-13-19(24)22-16-5-3-15(21)4-6-16/h3-10H,11-14H2,1-2H3,(H,22,24). The number of thioether (sulfide) groups is 1. The van der Waals surface area contributed by atoms with Crippen LogP contribution in [0.4, 0.5) is 10.1 Å². The molecule has 2 rings (SSSR count). The molecule has 1 N–H and O–H groups in total. The summed E-state index contributed by atoms with van der Waals surface area (Å²) in [5.41, 5.74) is 0.520. The van der Waals surface area contributed by atoms with Crippen molar-refractivity contribution >= 4 is 29.3 Å². The van der Waals surface area contributed by atoms with Crippen molar-refractivity contribution in [1.82, 2.24) is 4.90 Å². The number of likely N-dealkylation sites (N-methyl/N-ethyl adjacent to an activating group) is 1. The van der Waals surface area contributed by atoms with Crippen LogP contribution in [0.1, 0.15) is 0 Å². The van der Waals surface area contributed by atoms with Crippen LogP contribution >= 0.6 is 11.8 Å². The molecule has 0 radical (unpaired) electrons. The van der Waals surface area contributed by atoms with Gasteiger partial charge in [-0.1, -0.05) is 0 Å². The maximum atomic E-state index is 12.8. The van der Waals surface area contributed by atoms with E-state index in [0.29, 0.717) is 24.6 Å². The van der Waals surface area contributed by atoms with Crippen LogP contribution in [0, 0.1) is 5.82 Å². The predicted octanol–water partition coefficient (Wildman–Crippen LogP) is 3.04. The summed E-state index contributed by atoms with van der Waals surface area (Å²) < 4.78 is 23.5. The fourth-order valence-electron chi connectivity index (χ4n) is 2.17. The van der Waals surface area contributed by atoms with Crippen LogP contribution in [0.15, 0.2) is 48.5 Å². The topological polar surface area (TPSA) is 67.9 Å². The molecule has 2 aromatic carbocycles. The largest absolute Gasteiger partial charge is 0.497 e. The summed E-state index contributed by atoms with van der Waals surface area (Å²) in [4.78, 5) is 25.5. The second kappa shape index (κ2) is 11.2. The number of rotatable bonds is 10. The number of nitrogens with zero attached hydrogens (tertiary/aromatic N) is 1. The Bertz CT molecular complexity index is 769. The van der Waals surface area contributed by atoms with Gasteiger partial charge in [0.05, 0.1) is 25.2 Å². The quantitative estimate of drug-likeness (QED) is 0.657. The van der Waals surface area contributed by atoms with E-state index < -0.39 is 0 Å². The van der Waals surface area contributed by atoms with E-state index in [2.05, 4.69) is 5.32 Å². The summed E-state index contributed by atoms with van der Waals surface area (Å²) in [5.74, 6) is 1.09. The predicted molar refractivity (Wildman–Crippen MR) is 108 cm³/mol. The maximum absolute atomic E-state index is 12.8. The van der Waals surface area contributed by atoms with Crippen LogP contribution in [0.5, 0.6) is 11.5 Å². The number of hydrogen-bond donors (Lipinski definition) is 1. The number of amides is 2. The second-order valence-corrected chi connectivity index (χ2v) is 6.87. The number of carbonyl (C=O) groups is 2. The van der Waals surface area contributed by atoms with Gasteiger partial charge in [-0.15, -0.1) is 11.8 Å². The fourth-order valence-corrected chi connectivity index (χ4v) is 2.92. The monoisotopic (exact) mass is 406 g/mol. The molecule has 150 valence electrons. The Morgan fingerprint density at radius 3 is 2.32 bits per heavy atom. The summed E-state index contributed by atoms with van der Waals surface area (Å²) in [6, 6.07) is 12.7. The van der Waals surface area contributed by atoms with Crippen molar-refractivity contribution in [3.05, 3.63) is 54.3 Å². The zero-order valence-corrected chi connectivity index (χ0v) is 16.6. The SMILES string of the molecule is COc1ccc(OCCN(C)C(=O)CSCC(=O)Nc2ccc(F)cc2)cc1. The van der Waals surface area contributed by atoms with Crippen LogP contribution in [0.2, 0.25) is 0 Å². The van der Waals surface area contributed by atoms with E-state index in [0.717, 1.165) is 5.75 Å². The molecule has 0 atom stereocenters. The Kier molecular flexibility index (Phi) is 8.61. The Hall–Kier alpha value is -2.74. The number of anilines is 1. The number of halogens is 1. The molecule has 28 heavy (non-hydrogen) atoms. The average Bonchev–Trinajstić information content (AvgIpc) is 2.70. The maximum Gasteiger partial charge on any atom is 0.234 e. The van der Waals surface area contributed by atoms with E-state index in [-0.39, 0.29) is 29.1 Å². The normalized spacial score (nSPS) is 10.2. The third-order valence-corrected chi connectivity index (χ3v) is 4.68. The Morgan fingerprint density at radius 1 is 1.04 bits per heavy atom. The van der Waals surface area contributed by atoms with Crippen LogP contribution in [0.3, 0.4) is 0 Å². The molecule has 0 aliphatic carbocycles. The first-order chi connectivity index (χ1) is 13.5. The highest BCUT2D eigenvalue weighted by Crippen LogP contribution is 2.17. The minimum atomic E-state index is -0.364. The zero-order chi connectivity index (χ0) is 20.4. The molecule has 6 nitrogen and oxygen atoms in total. The molecule has 0 aromatic heterocycles. The van der Waals surface area contributed by atoms with E-state index in [1.54, 1.807) is 43.3 Å². The van der Waals surface area contributed by atoms with Gasteiger partial charge in [0.15, 0.2) is 0 Å². The molecule has 0 saturated carbocycles. The van der Waals surface area contributed by atoms with Crippen LogP contribution in [0.25, 0.3) is 0 Å². The molecule has 0 unspecified atom stereocenters. The molecule has 0 fully saturated rings. The third-order valence-electron chi connectivity index (χ3n) is 3.77. The van der Waals surface area contributed by atoms with Crippen molar-refractivity contribution in [2.75, 3.05) is 44.1 Å². The van der Waals surface area contributed by atoms with Crippen molar-refractivity contribution in [2.45, 2.75) is 0 Å². The lowest BCUT2D eigenvalue weighted by atomic mass is 10.3. The molecule has 8 heteroatoms. The smallest absolute Gasteiger partial charge is 0.234 e. The lowest BCUT2D eigenvalue weighted by Gasteiger charge is -2.17. The van der Waals surface area contributed by atoms with Gasteiger partial charge in [0.1, 0.15) is 23.9 Å². The number of methoxy groups -OCH3 is 1. The van der Waals surface area contributed by atoms with Gasteiger partial charge >= 0.3 is 0 Å². The molecule has 2 amide bonds. The first-order valence-corrected chi connectivity index (χ1v) is 9.77. The molecular formula is C20H23FN2O4S. The minimum absolute atomic E-state index is 0.0853. The van der Waals surface area contributed by atoms with E-state index in [1.807, 2.05) is 0 Å². The van der Waals surface area contributed by atoms with Gasteiger partial charge in [0.2, 0.25) is 11.8 Å². The number of benzene rings is 2. The number of nitrogens with one attached hydrogen (secondary N) is 1. The Balaban J connectivity index is 1.62. The molecular weight excluding hydrogens is 383 g/mol. The summed E-state index contributed by atoms with van der Waals surface area (Å²) in [6.45, 7) is 0.803. The number of ether oxygens (including phenoxy) is 2. The van der Waals surface area contributed by atoms with Crippen LogP contribution in [-0.2, 0) is 9.59 Å². The van der Waals surface area contributed by atoms with E-state index in [1.165, 1.54) is 36.0 Å². The lowest BCUT2D eigenvalue weighted by Crippen LogP contribution is -2.32. The van der Waals surface area contributed by atoms with Crippen molar-refractivity contribution < 1.29 is 23.5 Å². The molecule has 0 bridgehead atoms. The summed E-state index contributed by atoms with van der Waals surface area (Å²) >= 11 is 1.22. The van der Waals surface area contributed by atoms with Gasteiger partial charge in [-0.25, -0.2) is 4.39 Å². The summed E-state index contributed by atoms with van der Waals surface area (Å²) in [5, 5.41) is 2.65. The van der Waals surface area contributed by atoms with Crippen molar-refractivity contribution in [3.8, 4) is 11.5 Å². The summed E-state index contributed by atoms with van der Waals surface area (Å²) in [7, 11) is 3.29. The second-order valence-electron chi connectivity index (χ2n) is 5.89. The van der Waals surface area contributed by atoms with Gasteiger partial charge in [-0.05, 0) is 48.5 Å². The molecule has 0 heterocycles. The van der Waals surface area contributed by atoms with Crippen molar-refractivity contribution in [2.24, 2.45) is 0 Å². The number of carbonyl (C=O) groups excluding carboxylic acids is 2. The molecule has 0 saturated heterocycles. The first-order valence-electron chi connectivity index (χ1n) is 8.62. The minimum Gasteiger partial charge on any atom is -0.497 e. The molecule has 0 aliphatic heterocycles. The Labute approximate surface area is 168 Å². The molecule has 0 aliphatic rings. The van der Waals surface area contributed by atoms with Crippen molar-refractivity contribution in [1.29, 1.82) is 0 Å². The first kappa shape index (κ1) is 21.6. The van der Waals surface area contributed by atoms with E-state index >= 15 is 0 Å². The molecule has 0 spiro atoms. The highest BCUT2D eigenvalue weighted by molar-refractivity contribution is 8.00. The van der Waals surface area contributed by atoms with Crippen LogP contribution < -0.4 is 14.8 Å². The third kappa shape index (κ3) is 7.48. The van der Waals surface area contributed by atoms with Crippen LogP contribution in [-0.4, -0.2) is 55.5 Å². The lowest BCUT2D eigenvalue weighted by molar-refractivity contribution is -0.127. The number of hydrogen-bond acceptors (Lipinski definition) is 5. The fraction of sp³-hybridized carbons (Fsp3) is 0.300. The Morgan fingerprint density at radius 2 is 1.68 bits per heavy atom. The highest BCUT2D eigenvalue weighted by Gasteiger charge is 2.11. The van der Waals surface area contributed by atoms with Gasteiger partial charge in [0.25, 0.3) is 0 Å². The average molecular weight is 406 g/mol. The van der Waals surface area contributed by atoms with E-state index in [4.69, 9.17) is 9.47 Å². The van der Waals surface area contributed by atoms with E-state index in [9.17, 15) is 14.0 Å². The van der Waals surface area contributed by atoms with Crippen molar-refractivity contribution in [3.63, 3.8) is 0 Å². The van der Waals surface area contributed by atoms with Gasteiger partial charge < -0.3 is 19.7 Å². The molecule has 2 aromatic rings. The van der Waals surface area contributed by atoms with Gasteiger partial charge in [-0.2, -0.15) is 0 Å². The zero-order valence-electron chi connectivity index (χ0n) is 15.8.